The van der Waals surface area contributed by atoms with Gasteiger partial charge in [-0.2, -0.15) is 0 Å². The summed E-state index contributed by atoms with van der Waals surface area (Å²) in [4.78, 5) is 19.6. The minimum absolute atomic E-state index is 0.0891. The van der Waals surface area contributed by atoms with E-state index in [1.807, 2.05) is 0 Å². The van der Waals surface area contributed by atoms with E-state index in [-0.39, 0.29) is 17.6 Å². The summed E-state index contributed by atoms with van der Waals surface area (Å²) in [5.41, 5.74) is 5.50. The van der Waals surface area contributed by atoms with Gasteiger partial charge in [0.1, 0.15) is 5.52 Å². The summed E-state index contributed by atoms with van der Waals surface area (Å²) in [6.07, 6.45) is 0.770. The second-order valence-corrected chi connectivity index (χ2v) is 3.45. The summed E-state index contributed by atoms with van der Waals surface area (Å²) in [7, 11) is 0. The molecule has 1 aromatic carbocycles. The predicted octanol–water partition coefficient (Wildman–Crippen LogP) is 0.941. The zero-order chi connectivity index (χ0) is 14.3. The number of hydrogen-bond acceptors (Lipinski definition) is 7. The van der Waals surface area contributed by atoms with E-state index in [1.165, 1.54) is 12.1 Å². The van der Waals surface area contributed by atoms with Gasteiger partial charge in [0.25, 0.3) is 0 Å². The third-order valence-electron chi connectivity index (χ3n) is 2.06. The normalized spacial score (nSPS) is 9.74. The quantitative estimate of drug-likeness (QED) is 0.615. The molecule has 9 nitrogen and oxygen atoms in total. The number of aliphatic carboxylic acids is 1. The second-order valence-electron chi connectivity index (χ2n) is 3.45. The summed E-state index contributed by atoms with van der Waals surface area (Å²) < 4.78 is 4.35. The molecule has 0 fully saturated rings. The predicted molar refractivity (Wildman–Crippen MR) is 64.4 cm³/mol. The number of aromatic nitrogens is 2. The highest BCUT2D eigenvalue weighted by Gasteiger charge is 2.14. The molecule has 0 bridgehead atoms. The van der Waals surface area contributed by atoms with Gasteiger partial charge < -0.3 is 10.8 Å². The molecular weight excluding hydrogens is 256 g/mol. The van der Waals surface area contributed by atoms with Crippen molar-refractivity contribution in [2.24, 2.45) is 5.73 Å². The molecule has 0 saturated carbocycles. The van der Waals surface area contributed by atoms with Crippen molar-refractivity contribution in [3.63, 3.8) is 0 Å². The smallest absolute Gasteiger partial charge is 0.303 e. The number of nitro groups is 1. The van der Waals surface area contributed by atoms with Crippen LogP contribution in [0, 0.1) is 10.1 Å². The Labute approximate surface area is 107 Å². The Kier molecular flexibility index (Phi) is 5.35. The molecule has 0 aliphatic rings. The van der Waals surface area contributed by atoms with Crippen LogP contribution in [0.1, 0.15) is 12.8 Å². The van der Waals surface area contributed by atoms with Crippen molar-refractivity contribution in [2.75, 3.05) is 6.54 Å². The summed E-state index contributed by atoms with van der Waals surface area (Å²) in [5.74, 6) is -0.773. The van der Waals surface area contributed by atoms with E-state index < -0.39 is 10.9 Å². The number of nitrogens with zero attached hydrogens (tertiary/aromatic N) is 3. The van der Waals surface area contributed by atoms with Crippen molar-refractivity contribution < 1.29 is 19.5 Å². The van der Waals surface area contributed by atoms with Crippen molar-refractivity contribution in [1.82, 2.24) is 10.3 Å². The van der Waals surface area contributed by atoms with E-state index in [4.69, 9.17) is 10.8 Å². The van der Waals surface area contributed by atoms with E-state index in [2.05, 4.69) is 14.9 Å². The standard InChI is InChI=1S/C6H3N3O3.C4H9NO2/c10-9(11)5-3-1-2-4-6(5)8-12-7-4;5-3-1-2-4(6)7/h1-3H;1-3,5H2,(H,6,7). The highest BCUT2D eigenvalue weighted by Crippen LogP contribution is 2.21. The first kappa shape index (κ1) is 14.5. The molecule has 2 aromatic rings. The molecular formula is C10H12N4O5. The summed E-state index contributed by atoms with van der Waals surface area (Å²) in [5, 5.41) is 25.3. The molecule has 9 heteroatoms. The van der Waals surface area contributed by atoms with Gasteiger partial charge in [-0.05, 0) is 29.3 Å². The fourth-order valence-electron chi connectivity index (χ4n) is 1.19. The van der Waals surface area contributed by atoms with Crippen LogP contribution in [0.25, 0.3) is 11.0 Å². The molecule has 0 atom stereocenters. The molecule has 2 rings (SSSR count). The van der Waals surface area contributed by atoms with Crippen LogP contribution < -0.4 is 5.73 Å². The molecule has 19 heavy (non-hydrogen) atoms. The summed E-state index contributed by atoms with van der Waals surface area (Å²) in [6.45, 7) is 0.465. The van der Waals surface area contributed by atoms with E-state index in [1.54, 1.807) is 6.07 Å². The SMILES string of the molecule is NCCCC(=O)O.O=[N+]([O-])c1cccc2nonc12. The zero-order valence-electron chi connectivity index (χ0n) is 9.85. The van der Waals surface area contributed by atoms with Crippen molar-refractivity contribution in [1.29, 1.82) is 0 Å². The Balaban J connectivity index is 0.000000224. The third-order valence-corrected chi connectivity index (χ3v) is 2.06. The van der Waals surface area contributed by atoms with Crippen LogP contribution in [-0.2, 0) is 4.79 Å². The number of hydrogen-bond donors (Lipinski definition) is 2. The van der Waals surface area contributed by atoms with E-state index in [9.17, 15) is 14.9 Å². The maximum Gasteiger partial charge on any atom is 0.303 e. The maximum atomic E-state index is 10.4. The van der Waals surface area contributed by atoms with Crippen molar-refractivity contribution in [3.05, 3.63) is 28.3 Å². The number of rotatable bonds is 4. The minimum Gasteiger partial charge on any atom is -0.481 e. The van der Waals surface area contributed by atoms with Gasteiger partial charge in [-0.1, -0.05) is 6.07 Å². The number of carboxylic acid groups (broad SMARTS) is 1. The average Bonchev–Trinajstić information content (AvgIpc) is 2.84. The number of fused-ring (bicyclic) bond motifs is 1. The molecule has 102 valence electrons. The van der Waals surface area contributed by atoms with Crippen LogP contribution in [0.3, 0.4) is 0 Å². The third kappa shape index (κ3) is 4.32. The summed E-state index contributed by atoms with van der Waals surface area (Å²) >= 11 is 0. The molecule has 0 amide bonds. The monoisotopic (exact) mass is 268 g/mol. The highest BCUT2D eigenvalue weighted by molar-refractivity contribution is 5.82. The molecule has 0 radical (unpaired) electrons. The fraction of sp³-hybridized carbons (Fsp3) is 0.300. The zero-order valence-corrected chi connectivity index (χ0v) is 9.85. The molecule has 0 saturated heterocycles. The van der Waals surface area contributed by atoms with Gasteiger partial charge in [0.15, 0.2) is 0 Å². The largest absolute Gasteiger partial charge is 0.481 e. The number of benzene rings is 1. The lowest BCUT2D eigenvalue weighted by molar-refractivity contribution is -0.383. The molecule has 1 heterocycles. The number of non-ortho nitro benzene ring substituents is 1. The second kappa shape index (κ2) is 7.01. The van der Waals surface area contributed by atoms with Crippen LogP contribution in [0.5, 0.6) is 0 Å². The molecule has 0 aliphatic carbocycles. The Morgan fingerprint density at radius 2 is 2.21 bits per heavy atom. The first-order chi connectivity index (χ1) is 9.06. The van der Waals surface area contributed by atoms with Gasteiger partial charge in [0.2, 0.25) is 5.52 Å². The fourth-order valence-corrected chi connectivity index (χ4v) is 1.19. The average molecular weight is 268 g/mol. The topological polar surface area (TPSA) is 145 Å². The van der Waals surface area contributed by atoms with Crippen LogP contribution in [0.2, 0.25) is 0 Å². The molecule has 0 unspecified atom stereocenters. The summed E-state index contributed by atoms with van der Waals surface area (Å²) in [6, 6.07) is 4.48. The maximum absolute atomic E-state index is 10.4. The van der Waals surface area contributed by atoms with Gasteiger partial charge in [-0.15, -0.1) is 0 Å². The van der Waals surface area contributed by atoms with Gasteiger partial charge in [-0.3, -0.25) is 14.9 Å². The van der Waals surface area contributed by atoms with Crippen LogP contribution in [-0.4, -0.2) is 32.9 Å². The van der Waals surface area contributed by atoms with E-state index >= 15 is 0 Å². The van der Waals surface area contributed by atoms with Gasteiger partial charge >= 0.3 is 11.7 Å². The van der Waals surface area contributed by atoms with Gasteiger partial charge in [0, 0.05) is 12.5 Å². The number of nitro benzene ring substituents is 1. The van der Waals surface area contributed by atoms with Crippen molar-refractivity contribution in [3.8, 4) is 0 Å². The Hall–Kier alpha value is -2.55. The number of carbonyl (C=O) groups is 1. The Bertz CT molecular complexity index is 568. The molecule has 3 N–H and O–H groups in total. The van der Waals surface area contributed by atoms with Crippen molar-refractivity contribution in [2.45, 2.75) is 12.8 Å². The lowest BCUT2D eigenvalue weighted by Crippen LogP contribution is -2.02. The van der Waals surface area contributed by atoms with Crippen molar-refractivity contribution >= 4 is 22.7 Å². The number of nitrogens with two attached hydrogens (primary N) is 1. The van der Waals surface area contributed by atoms with Crippen LogP contribution >= 0.6 is 0 Å². The van der Waals surface area contributed by atoms with E-state index in [0.29, 0.717) is 18.5 Å². The molecule has 1 aromatic heterocycles. The minimum atomic E-state index is -0.773. The van der Waals surface area contributed by atoms with Crippen LogP contribution in [0.4, 0.5) is 5.69 Å². The first-order valence-corrected chi connectivity index (χ1v) is 5.33. The Morgan fingerprint density at radius 1 is 1.47 bits per heavy atom. The molecule has 0 aliphatic heterocycles. The lowest BCUT2D eigenvalue weighted by Gasteiger charge is -1.87. The number of carboxylic acids is 1. The van der Waals surface area contributed by atoms with Gasteiger partial charge in [0.05, 0.1) is 4.92 Å². The highest BCUT2D eigenvalue weighted by atomic mass is 16.6. The van der Waals surface area contributed by atoms with Gasteiger partial charge in [-0.25, -0.2) is 4.63 Å². The lowest BCUT2D eigenvalue weighted by atomic mass is 10.3. The van der Waals surface area contributed by atoms with E-state index in [0.717, 1.165) is 0 Å². The first-order valence-electron chi connectivity index (χ1n) is 5.33. The molecule has 0 spiro atoms. The Morgan fingerprint density at radius 3 is 2.74 bits per heavy atom. The van der Waals surface area contributed by atoms with Crippen LogP contribution in [0.15, 0.2) is 22.8 Å².